The van der Waals surface area contributed by atoms with E-state index in [2.05, 4.69) is 48.4 Å². The van der Waals surface area contributed by atoms with Crippen molar-refractivity contribution in [2.45, 2.75) is 71.9 Å². The highest BCUT2D eigenvalue weighted by atomic mass is 15.5. The molecule has 0 aromatic carbocycles. The molecule has 2 N–H and O–H groups in total. The average Bonchev–Trinajstić information content (AvgIpc) is 2.46. The number of nitrogens with zero attached hydrogens (tertiary/aromatic N) is 3. The van der Waals surface area contributed by atoms with Gasteiger partial charge in [-0.2, -0.15) is 0 Å². The smallest absolute Gasteiger partial charge is 0.149 e. The van der Waals surface area contributed by atoms with Gasteiger partial charge in [-0.3, -0.25) is 0 Å². The molecule has 2 unspecified atom stereocenters. The van der Waals surface area contributed by atoms with Crippen molar-refractivity contribution in [1.29, 1.82) is 0 Å². The molecule has 0 spiro atoms. The number of aromatic nitrogens is 2. The fourth-order valence-electron chi connectivity index (χ4n) is 3.01. The van der Waals surface area contributed by atoms with E-state index in [1.807, 2.05) is 7.05 Å². The van der Waals surface area contributed by atoms with Gasteiger partial charge in [0.1, 0.15) is 17.5 Å². The Hall–Kier alpha value is -1.36. The molecule has 1 saturated heterocycles. The summed E-state index contributed by atoms with van der Waals surface area (Å²) < 4.78 is 0. The van der Waals surface area contributed by atoms with Crippen LogP contribution < -0.4 is 10.7 Å². The fourth-order valence-corrected chi connectivity index (χ4v) is 3.01. The van der Waals surface area contributed by atoms with Gasteiger partial charge in [0, 0.05) is 31.1 Å². The van der Waals surface area contributed by atoms with Gasteiger partial charge >= 0.3 is 0 Å². The van der Waals surface area contributed by atoms with E-state index in [9.17, 15) is 0 Å². The van der Waals surface area contributed by atoms with E-state index in [4.69, 9.17) is 4.98 Å². The maximum absolute atomic E-state index is 4.73. The number of rotatable bonds is 5. The Morgan fingerprint density at radius 3 is 2.33 bits per heavy atom. The molecule has 5 nitrogen and oxygen atoms in total. The van der Waals surface area contributed by atoms with Crippen LogP contribution in [-0.2, 0) is 6.42 Å². The molecule has 2 heterocycles. The molecule has 2 atom stereocenters. The molecule has 0 saturated carbocycles. The van der Waals surface area contributed by atoms with Crippen molar-refractivity contribution in [1.82, 2.24) is 15.0 Å². The molecule has 1 aliphatic heterocycles. The van der Waals surface area contributed by atoms with Crippen LogP contribution in [-0.4, -0.2) is 34.1 Å². The van der Waals surface area contributed by atoms with E-state index in [1.165, 1.54) is 19.3 Å². The summed E-state index contributed by atoms with van der Waals surface area (Å²) in [5.74, 6) is 2.78. The summed E-state index contributed by atoms with van der Waals surface area (Å²) in [6.07, 6.45) is 5.76. The number of piperidine rings is 1. The first-order chi connectivity index (χ1) is 10.1. The topological polar surface area (TPSA) is 53.1 Å². The van der Waals surface area contributed by atoms with Crippen LogP contribution >= 0.6 is 0 Å². The summed E-state index contributed by atoms with van der Waals surface area (Å²) in [5, 5.41) is 5.54. The van der Waals surface area contributed by atoms with Gasteiger partial charge in [-0.15, -0.1) is 0 Å². The van der Waals surface area contributed by atoms with E-state index < -0.39 is 0 Å². The Bertz CT molecular complexity index is 464. The van der Waals surface area contributed by atoms with Crippen LogP contribution in [0.5, 0.6) is 0 Å². The van der Waals surface area contributed by atoms with Crippen molar-refractivity contribution in [3.05, 3.63) is 11.4 Å². The van der Waals surface area contributed by atoms with Gasteiger partial charge in [0.05, 0.1) is 0 Å². The summed E-state index contributed by atoms with van der Waals surface area (Å²) in [5.41, 5.74) is 4.65. The second-order valence-corrected chi connectivity index (χ2v) is 6.11. The quantitative estimate of drug-likeness (QED) is 0.871. The number of nitrogens with one attached hydrogen (secondary N) is 2. The second-order valence-electron chi connectivity index (χ2n) is 6.11. The van der Waals surface area contributed by atoms with Crippen LogP contribution in [0.15, 0.2) is 0 Å². The lowest BCUT2D eigenvalue weighted by Crippen LogP contribution is -2.47. The molecule has 1 aromatic rings. The van der Waals surface area contributed by atoms with Crippen LogP contribution in [0.25, 0.3) is 0 Å². The molecule has 21 heavy (non-hydrogen) atoms. The number of anilines is 2. The van der Waals surface area contributed by atoms with Gasteiger partial charge in [0.25, 0.3) is 0 Å². The van der Waals surface area contributed by atoms with E-state index in [0.717, 1.165) is 35.9 Å². The summed E-state index contributed by atoms with van der Waals surface area (Å²) in [7, 11) is 1.92. The molecule has 5 heteroatoms. The first-order valence-corrected chi connectivity index (χ1v) is 8.17. The molecule has 0 radical (unpaired) electrons. The highest BCUT2D eigenvalue weighted by Gasteiger charge is 2.25. The lowest BCUT2D eigenvalue weighted by atomic mass is 10.00. The first-order valence-electron chi connectivity index (χ1n) is 8.17. The maximum Gasteiger partial charge on any atom is 0.149 e. The van der Waals surface area contributed by atoms with E-state index >= 15 is 0 Å². The van der Waals surface area contributed by atoms with Crippen molar-refractivity contribution in [3.63, 3.8) is 0 Å². The number of aryl methyl sites for hydroxylation is 1. The van der Waals surface area contributed by atoms with Crippen molar-refractivity contribution in [2.24, 2.45) is 0 Å². The van der Waals surface area contributed by atoms with E-state index in [-0.39, 0.29) is 0 Å². The number of hydrogen-bond acceptors (Lipinski definition) is 5. The third kappa shape index (κ3) is 3.64. The SMILES string of the molecule is CCCc1nc(NC)c(C)c(NN2C(C)CCCC2C)n1. The molecule has 0 amide bonds. The fraction of sp³-hybridized carbons (Fsp3) is 0.750. The summed E-state index contributed by atoms with van der Waals surface area (Å²) in [6.45, 7) is 8.80. The summed E-state index contributed by atoms with van der Waals surface area (Å²) in [6, 6.07) is 1.08. The Kier molecular flexibility index (Phi) is 5.39. The average molecular weight is 291 g/mol. The number of hydrogen-bond donors (Lipinski definition) is 2. The standard InChI is InChI=1S/C16H29N5/c1-6-8-14-18-15(17-5)13(4)16(19-14)20-21-11(2)9-7-10-12(21)3/h11-12H,6-10H2,1-5H3,(H2,17,18,19,20). The van der Waals surface area contributed by atoms with Crippen LogP contribution in [0.2, 0.25) is 0 Å². The molecule has 0 aliphatic carbocycles. The maximum atomic E-state index is 4.73. The largest absolute Gasteiger partial charge is 0.373 e. The molecular weight excluding hydrogens is 262 g/mol. The zero-order valence-electron chi connectivity index (χ0n) is 14.0. The second kappa shape index (κ2) is 7.07. The van der Waals surface area contributed by atoms with Crippen molar-refractivity contribution in [3.8, 4) is 0 Å². The van der Waals surface area contributed by atoms with E-state index in [0.29, 0.717) is 12.1 Å². The van der Waals surface area contributed by atoms with Gasteiger partial charge in [0.2, 0.25) is 0 Å². The summed E-state index contributed by atoms with van der Waals surface area (Å²) in [4.78, 5) is 9.32. The first kappa shape index (κ1) is 16.0. The van der Waals surface area contributed by atoms with Crippen molar-refractivity contribution < 1.29 is 0 Å². The Balaban J connectivity index is 2.27. The minimum atomic E-state index is 0.538. The Labute approximate surface area is 128 Å². The third-order valence-electron chi connectivity index (χ3n) is 4.33. The molecule has 1 fully saturated rings. The van der Waals surface area contributed by atoms with Gasteiger partial charge in [-0.1, -0.05) is 13.3 Å². The normalized spacial score (nSPS) is 23.1. The van der Waals surface area contributed by atoms with Gasteiger partial charge < -0.3 is 10.7 Å². The zero-order valence-corrected chi connectivity index (χ0v) is 14.0. The Morgan fingerprint density at radius 2 is 1.76 bits per heavy atom. The van der Waals surface area contributed by atoms with Crippen LogP contribution in [0.1, 0.15) is 57.8 Å². The zero-order chi connectivity index (χ0) is 15.4. The molecular formula is C16H29N5. The monoisotopic (exact) mass is 291 g/mol. The van der Waals surface area contributed by atoms with Gasteiger partial charge in [-0.25, -0.2) is 15.0 Å². The lowest BCUT2D eigenvalue weighted by Gasteiger charge is -2.39. The summed E-state index contributed by atoms with van der Waals surface area (Å²) >= 11 is 0. The molecule has 2 rings (SSSR count). The highest BCUT2D eigenvalue weighted by Crippen LogP contribution is 2.26. The molecule has 0 bridgehead atoms. The predicted molar refractivity (Wildman–Crippen MR) is 88.5 cm³/mol. The van der Waals surface area contributed by atoms with Crippen molar-refractivity contribution >= 4 is 11.6 Å². The highest BCUT2D eigenvalue weighted by molar-refractivity contribution is 5.56. The van der Waals surface area contributed by atoms with Gasteiger partial charge in [-0.05, 0) is 40.0 Å². The van der Waals surface area contributed by atoms with Crippen LogP contribution in [0.3, 0.4) is 0 Å². The lowest BCUT2D eigenvalue weighted by molar-refractivity contribution is 0.135. The molecule has 118 valence electrons. The van der Waals surface area contributed by atoms with Gasteiger partial charge in [0.15, 0.2) is 0 Å². The minimum absolute atomic E-state index is 0.538. The molecule has 1 aromatic heterocycles. The molecule has 1 aliphatic rings. The third-order valence-corrected chi connectivity index (χ3v) is 4.33. The van der Waals surface area contributed by atoms with Crippen molar-refractivity contribution in [2.75, 3.05) is 17.8 Å². The van der Waals surface area contributed by atoms with E-state index in [1.54, 1.807) is 0 Å². The van der Waals surface area contributed by atoms with Crippen LogP contribution in [0, 0.1) is 6.92 Å². The predicted octanol–water partition coefficient (Wildman–Crippen LogP) is 3.37. The minimum Gasteiger partial charge on any atom is -0.373 e. The van der Waals surface area contributed by atoms with Crippen LogP contribution in [0.4, 0.5) is 11.6 Å². The Morgan fingerprint density at radius 1 is 1.14 bits per heavy atom. The number of hydrazine groups is 1.